The van der Waals surface area contributed by atoms with E-state index in [1.807, 2.05) is 24.3 Å². The van der Waals surface area contributed by atoms with Gasteiger partial charge in [0.1, 0.15) is 12.3 Å². The summed E-state index contributed by atoms with van der Waals surface area (Å²) in [6.07, 6.45) is 0.425. The van der Waals surface area contributed by atoms with Gasteiger partial charge in [0.2, 0.25) is 5.91 Å². The minimum atomic E-state index is -0.466. The average Bonchev–Trinajstić information content (AvgIpc) is 3.27. The van der Waals surface area contributed by atoms with Crippen molar-refractivity contribution in [3.8, 4) is 5.75 Å². The third kappa shape index (κ3) is 5.72. The van der Waals surface area contributed by atoms with Gasteiger partial charge in [-0.3, -0.25) is 19.7 Å². The molecule has 10 nitrogen and oxygen atoms in total. The van der Waals surface area contributed by atoms with Crippen LogP contribution in [0, 0.1) is 10.1 Å². The summed E-state index contributed by atoms with van der Waals surface area (Å²) in [5, 5.41) is 16.9. The highest BCUT2D eigenvalue weighted by molar-refractivity contribution is 6.03. The van der Waals surface area contributed by atoms with Crippen LogP contribution in [-0.4, -0.2) is 66.3 Å². The van der Waals surface area contributed by atoms with E-state index in [-0.39, 0.29) is 36.6 Å². The fraction of sp³-hybridized carbons (Fsp3) is 0.348. The number of non-ortho nitro benzene ring substituents is 1. The molecule has 1 aliphatic rings. The van der Waals surface area contributed by atoms with Gasteiger partial charge < -0.3 is 14.4 Å². The number of hydrogen-bond donors (Lipinski definition) is 0. The standard InChI is InChI=1S/C23H26N4O6/c1-16(28)25(12-13-32-2)15-23(29)26-22(18-6-10-20(33-3)11-7-18)14-21(24-26)17-4-8-19(9-5-17)27(30)31/h4-11,22H,12-15H2,1-3H3. The Morgan fingerprint density at radius 3 is 2.36 bits per heavy atom. The highest BCUT2D eigenvalue weighted by atomic mass is 16.6. The van der Waals surface area contributed by atoms with Crippen LogP contribution in [-0.2, 0) is 14.3 Å². The Labute approximate surface area is 191 Å². The molecule has 0 radical (unpaired) electrons. The van der Waals surface area contributed by atoms with Gasteiger partial charge in [0.05, 0.1) is 30.4 Å². The second-order valence-electron chi connectivity index (χ2n) is 7.52. The first-order valence-corrected chi connectivity index (χ1v) is 10.4. The first-order chi connectivity index (χ1) is 15.8. The Morgan fingerprint density at radius 2 is 1.82 bits per heavy atom. The number of rotatable bonds is 9. The lowest BCUT2D eigenvalue weighted by molar-refractivity contribution is -0.384. The second-order valence-corrected chi connectivity index (χ2v) is 7.52. The number of nitrogens with zero attached hydrogens (tertiary/aromatic N) is 4. The molecule has 0 aliphatic carbocycles. The summed E-state index contributed by atoms with van der Waals surface area (Å²) in [5.41, 5.74) is 2.16. The molecule has 0 spiro atoms. The number of carbonyl (C=O) groups is 2. The number of amides is 2. The van der Waals surface area contributed by atoms with Gasteiger partial charge >= 0.3 is 0 Å². The van der Waals surface area contributed by atoms with Crippen molar-refractivity contribution < 1.29 is 24.0 Å². The Balaban J connectivity index is 1.90. The number of ether oxygens (including phenoxy) is 2. The quantitative estimate of drug-likeness (QED) is 0.425. The number of carbonyl (C=O) groups excluding carboxylic acids is 2. The summed E-state index contributed by atoms with van der Waals surface area (Å²) in [6, 6.07) is 13.0. The lowest BCUT2D eigenvalue weighted by atomic mass is 9.98. The van der Waals surface area contributed by atoms with Crippen LogP contribution in [0.5, 0.6) is 5.75 Å². The van der Waals surface area contributed by atoms with Gasteiger partial charge in [0.25, 0.3) is 11.6 Å². The molecule has 3 rings (SSSR count). The molecule has 0 saturated heterocycles. The van der Waals surface area contributed by atoms with Crippen molar-refractivity contribution in [3.63, 3.8) is 0 Å². The first kappa shape index (κ1) is 23.9. The molecule has 0 N–H and O–H groups in total. The Bertz CT molecular complexity index is 1040. The summed E-state index contributed by atoms with van der Waals surface area (Å²) in [4.78, 5) is 37.1. The number of hydrogen-bond acceptors (Lipinski definition) is 7. The third-order valence-corrected chi connectivity index (χ3v) is 5.41. The van der Waals surface area contributed by atoms with E-state index < -0.39 is 4.92 Å². The largest absolute Gasteiger partial charge is 0.497 e. The van der Waals surface area contributed by atoms with Crippen LogP contribution in [0.25, 0.3) is 0 Å². The predicted octanol–water partition coefficient (Wildman–Crippen LogP) is 2.78. The summed E-state index contributed by atoms with van der Waals surface area (Å²) < 4.78 is 10.3. The van der Waals surface area contributed by atoms with Crippen LogP contribution in [0.2, 0.25) is 0 Å². The smallest absolute Gasteiger partial charge is 0.269 e. The molecule has 0 aromatic heterocycles. The predicted molar refractivity (Wildman–Crippen MR) is 121 cm³/mol. The molecule has 1 unspecified atom stereocenters. The molecule has 1 heterocycles. The number of benzene rings is 2. The van der Waals surface area contributed by atoms with Gasteiger partial charge in [0.15, 0.2) is 0 Å². The summed E-state index contributed by atoms with van der Waals surface area (Å²) in [7, 11) is 3.10. The van der Waals surface area contributed by atoms with E-state index in [1.54, 1.807) is 19.2 Å². The SMILES string of the molecule is COCCN(CC(=O)N1N=C(c2ccc([N+](=O)[O-])cc2)CC1c1ccc(OC)cc1)C(C)=O. The van der Waals surface area contributed by atoms with Crippen LogP contribution in [0.15, 0.2) is 53.6 Å². The van der Waals surface area contributed by atoms with Crippen LogP contribution in [0.4, 0.5) is 5.69 Å². The van der Waals surface area contributed by atoms with Crippen molar-refractivity contribution in [2.75, 3.05) is 33.9 Å². The van der Waals surface area contributed by atoms with Gasteiger partial charge in [-0.25, -0.2) is 5.01 Å². The molecule has 10 heteroatoms. The van der Waals surface area contributed by atoms with Gasteiger partial charge in [-0.15, -0.1) is 0 Å². The number of nitro groups is 1. The van der Waals surface area contributed by atoms with E-state index in [9.17, 15) is 19.7 Å². The molecule has 0 fully saturated rings. The monoisotopic (exact) mass is 454 g/mol. The zero-order chi connectivity index (χ0) is 24.0. The van der Waals surface area contributed by atoms with Crippen molar-refractivity contribution in [2.45, 2.75) is 19.4 Å². The zero-order valence-corrected chi connectivity index (χ0v) is 18.8. The molecule has 0 saturated carbocycles. The highest BCUT2D eigenvalue weighted by Gasteiger charge is 2.34. The van der Waals surface area contributed by atoms with Crippen molar-refractivity contribution in [3.05, 3.63) is 69.8 Å². The summed E-state index contributed by atoms with van der Waals surface area (Å²) in [6.45, 7) is 1.87. The minimum Gasteiger partial charge on any atom is -0.497 e. The average molecular weight is 454 g/mol. The van der Waals surface area contributed by atoms with Crippen molar-refractivity contribution in [1.82, 2.24) is 9.91 Å². The number of methoxy groups -OCH3 is 2. The zero-order valence-electron chi connectivity index (χ0n) is 18.8. The van der Waals surface area contributed by atoms with Crippen LogP contribution >= 0.6 is 0 Å². The lowest BCUT2D eigenvalue weighted by Gasteiger charge is -2.26. The Morgan fingerprint density at radius 1 is 1.15 bits per heavy atom. The molecular weight excluding hydrogens is 428 g/mol. The molecule has 33 heavy (non-hydrogen) atoms. The molecule has 0 bridgehead atoms. The minimum absolute atomic E-state index is 0.0211. The summed E-state index contributed by atoms with van der Waals surface area (Å²) in [5.74, 6) is 0.118. The maximum atomic E-state index is 13.2. The van der Waals surface area contributed by atoms with Crippen LogP contribution < -0.4 is 4.74 Å². The van der Waals surface area contributed by atoms with Crippen molar-refractivity contribution >= 4 is 23.2 Å². The fourth-order valence-corrected chi connectivity index (χ4v) is 3.56. The molecule has 1 atom stereocenters. The summed E-state index contributed by atoms with van der Waals surface area (Å²) >= 11 is 0. The van der Waals surface area contributed by atoms with Crippen molar-refractivity contribution in [2.24, 2.45) is 5.10 Å². The molecule has 174 valence electrons. The molecule has 2 aromatic rings. The number of hydrazone groups is 1. The maximum Gasteiger partial charge on any atom is 0.269 e. The van der Waals surface area contributed by atoms with E-state index in [0.717, 1.165) is 5.56 Å². The van der Waals surface area contributed by atoms with Gasteiger partial charge in [0, 0.05) is 39.1 Å². The van der Waals surface area contributed by atoms with Crippen LogP contribution in [0.3, 0.4) is 0 Å². The highest BCUT2D eigenvalue weighted by Crippen LogP contribution is 2.34. The van der Waals surface area contributed by atoms with E-state index >= 15 is 0 Å². The fourth-order valence-electron chi connectivity index (χ4n) is 3.56. The first-order valence-electron chi connectivity index (χ1n) is 10.4. The van der Waals surface area contributed by atoms with E-state index in [2.05, 4.69) is 5.10 Å². The van der Waals surface area contributed by atoms with Gasteiger partial charge in [-0.2, -0.15) is 5.10 Å². The van der Waals surface area contributed by atoms with E-state index in [1.165, 1.54) is 36.1 Å². The Hall–Kier alpha value is -3.79. The molecule has 1 aliphatic heterocycles. The van der Waals surface area contributed by atoms with E-state index in [0.29, 0.717) is 30.1 Å². The van der Waals surface area contributed by atoms with Gasteiger partial charge in [-0.05, 0) is 35.4 Å². The molecule has 2 aromatic carbocycles. The Kier molecular flexibility index (Phi) is 7.73. The lowest BCUT2D eigenvalue weighted by Crippen LogP contribution is -2.41. The normalized spacial score (nSPS) is 15.2. The van der Waals surface area contributed by atoms with Crippen LogP contribution in [0.1, 0.15) is 30.5 Å². The van der Waals surface area contributed by atoms with Crippen molar-refractivity contribution in [1.29, 1.82) is 0 Å². The molecular formula is C23H26N4O6. The van der Waals surface area contributed by atoms with Gasteiger partial charge in [-0.1, -0.05) is 12.1 Å². The van der Waals surface area contributed by atoms with E-state index in [4.69, 9.17) is 9.47 Å². The maximum absolute atomic E-state index is 13.2. The third-order valence-electron chi connectivity index (χ3n) is 5.41. The molecule has 2 amide bonds. The second kappa shape index (κ2) is 10.7. The topological polar surface area (TPSA) is 115 Å². The number of nitro benzene ring substituents is 1.